The van der Waals surface area contributed by atoms with E-state index < -0.39 is 17.1 Å². The minimum atomic E-state index is -0.716. The number of phenols is 1. The van der Waals surface area contributed by atoms with Gasteiger partial charge in [-0.25, -0.2) is 0 Å². The minimum Gasteiger partial charge on any atom is -0.508 e. The molecule has 0 bridgehead atoms. The molecule has 2 rings (SSSR count). The van der Waals surface area contributed by atoms with Gasteiger partial charge in [0.25, 0.3) is 5.69 Å². The predicted octanol–water partition coefficient (Wildman–Crippen LogP) is 0.780. The van der Waals surface area contributed by atoms with Crippen LogP contribution in [0.3, 0.4) is 0 Å². The Labute approximate surface area is 103 Å². The molecular weight excluding hydrogens is 240 g/mol. The van der Waals surface area contributed by atoms with Crippen LogP contribution in [-0.2, 0) is 4.74 Å². The molecule has 0 spiro atoms. The standard InChI is InChI=1S/C11H14N2O5/c1-6-9(14)3-2-8(13(16)17)11(6)12-7-4-18-5-10(7)15/h2-3,7,10,12,14-15H,4-5H2,1H3. The number of hydrogen-bond donors (Lipinski definition) is 3. The van der Waals surface area contributed by atoms with Crippen LogP contribution in [0.25, 0.3) is 0 Å². The molecule has 1 fully saturated rings. The fourth-order valence-corrected chi connectivity index (χ4v) is 1.89. The third-order valence-electron chi connectivity index (χ3n) is 2.99. The number of nitrogens with zero attached hydrogens (tertiary/aromatic N) is 1. The van der Waals surface area contributed by atoms with Gasteiger partial charge in [0.1, 0.15) is 11.4 Å². The molecule has 18 heavy (non-hydrogen) atoms. The normalized spacial score (nSPS) is 23.0. The van der Waals surface area contributed by atoms with Crippen LogP contribution in [0.2, 0.25) is 0 Å². The van der Waals surface area contributed by atoms with Crippen molar-refractivity contribution in [1.29, 1.82) is 0 Å². The highest BCUT2D eigenvalue weighted by atomic mass is 16.6. The molecule has 0 aliphatic carbocycles. The highest BCUT2D eigenvalue weighted by Crippen LogP contribution is 2.34. The topological polar surface area (TPSA) is 105 Å². The van der Waals surface area contributed by atoms with Gasteiger partial charge < -0.3 is 20.3 Å². The number of aromatic hydroxyl groups is 1. The van der Waals surface area contributed by atoms with Crippen LogP contribution in [0.15, 0.2) is 12.1 Å². The van der Waals surface area contributed by atoms with Crippen molar-refractivity contribution in [3.63, 3.8) is 0 Å². The first-order chi connectivity index (χ1) is 8.50. The Morgan fingerprint density at radius 3 is 2.78 bits per heavy atom. The maximum atomic E-state index is 10.9. The number of rotatable bonds is 3. The number of benzene rings is 1. The summed E-state index contributed by atoms with van der Waals surface area (Å²) in [5.41, 5.74) is 0.460. The number of anilines is 1. The van der Waals surface area contributed by atoms with Crippen LogP contribution in [-0.4, -0.2) is 40.5 Å². The van der Waals surface area contributed by atoms with E-state index in [2.05, 4.69) is 5.32 Å². The Hall–Kier alpha value is -1.86. The van der Waals surface area contributed by atoms with E-state index in [9.17, 15) is 20.3 Å². The number of hydrogen-bond acceptors (Lipinski definition) is 6. The summed E-state index contributed by atoms with van der Waals surface area (Å²) < 4.78 is 5.07. The lowest BCUT2D eigenvalue weighted by molar-refractivity contribution is -0.384. The number of aliphatic hydroxyl groups is 1. The lowest BCUT2D eigenvalue weighted by Gasteiger charge is -2.18. The third-order valence-corrected chi connectivity index (χ3v) is 2.99. The first kappa shape index (κ1) is 12.6. The fraction of sp³-hybridized carbons (Fsp3) is 0.455. The Kier molecular flexibility index (Phi) is 3.35. The van der Waals surface area contributed by atoms with Crippen LogP contribution in [0.5, 0.6) is 5.75 Å². The second kappa shape index (κ2) is 4.79. The zero-order chi connectivity index (χ0) is 13.3. The van der Waals surface area contributed by atoms with E-state index in [-0.39, 0.29) is 30.3 Å². The molecular formula is C11H14N2O5. The monoisotopic (exact) mass is 254 g/mol. The summed E-state index contributed by atoms with van der Waals surface area (Å²) in [6.07, 6.45) is -0.716. The molecule has 1 aromatic rings. The molecule has 1 aliphatic heterocycles. The molecule has 0 radical (unpaired) electrons. The lowest BCUT2D eigenvalue weighted by atomic mass is 10.1. The number of nitrogens with one attached hydrogen (secondary N) is 1. The summed E-state index contributed by atoms with van der Waals surface area (Å²) in [6, 6.07) is 2.09. The SMILES string of the molecule is Cc1c(O)ccc([N+](=O)[O-])c1NC1COCC1O. The molecule has 3 N–H and O–H groups in total. The number of ether oxygens (including phenoxy) is 1. The maximum Gasteiger partial charge on any atom is 0.292 e. The maximum absolute atomic E-state index is 10.9. The van der Waals surface area contributed by atoms with Gasteiger partial charge in [0.05, 0.1) is 30.3 Å². The highest BCUT2D eigenvalue weighted by Gasteiger charge is 2.29. The van der Waals surface area contributed by atoms with Crippen LogP contribution >= 0.6 is 0 Å². The van der Waals surface area contributed by atoms with Crippen molar-refractivity contribution >= 4 is 11.4 Å². The second-order valence-electron chi connectivity index (χ2n) is 4.22. The molecule has 7 heteroatoms. The van der Waals surface area contributed by atoms with Gasteiger partial charge >= 0.3 is 0 Å². The molecule has 0 aromatic heterocycles. The summed E-state index contributed by atoms with van der Waals surface area (Å²) in [5, 5.41) is 33.0. The van der Waals surface area contributed by atoms with E-state index in [1.54, 1.807) is 6.92 Å². The second-order valence-corrected chi connectivity index (χ2v) is 4.22. The van der Waals surface area contributed by atoms with E-state index in [1.165, 1.54) is 12.1 Å². The van der Waals surface area contributed by atoms with Gasteiger partial charge in [0.15, 0.2) is 0 Å². The summed E-state index contributed by atoms with van der Waals surface area (Å²) in [4.78, 5) is 10.4. The zero-order valence-corrected chi connectivity index (χ0v) is 9.79. The quantitative estimate of drug-likeness (QED) is 0.544. The van der Waals surface area contributed by atoms with Crippen molar-refractivity contribution in [2.45, 2.75) is 19.1 Å². The Bertz CT molecular complexity index is 477. The van der Waals surface area contributed by atoms with E-state index in [0.717, 1.165) is 0 Å². The van der Waals surface area contributed by atoms with Crippen molar-refractivity contribution in [3.05, 3.63) is 27.8 Å². The van der Waals surface area contributed by atoms with Gasteiger partial charge in [-0.1, -0.05) is 0 Å². The summed E-state index contributed by atoms with van der Waals surface area (Å²) in [7, 11) is 0. The van der Waals surface area contributed by atoms with E-state index in [1.807, 2.05) is 0 Å². The number of nitro benzene ring substituents is 1. The fourth-order valence-electron chi connectivity index (χ4n) is 1.89. The minimum absolute atomic E-state index is 0.0310. The highest BCUT2D eigenvalue weighted by molar-refractivity contribution is 5.70. The zero-order valence-electron chi connectivity index (χ0n) is 9.79. The Morgan fingerprint density at radius 2 is 2.22 bits per heavy atom. The van der Waals surface area contributed by atoms with Crippen LogP contribution in [0, 0.1) is 17.0 Å². The van der Waals surface area contributed by atoms with Gasteiger partial charge in [-0.15, -0.1) is 0 Å². The first-order valence-electron chi connectivity index (χ1n) is 5.50. The molecule has 0 saturated carbocycles. The number of nitro groups is 1. The molecule has 1 heterocycles. The molecule has 98 valence electrons. The van der Waals surface area contributed by atoms with Crippen molar-refractivity contribution in [1.82, 2.24) is 0 Å². The first-order valence-corrected chi connectivity index (χ1v) is 5.50. The summed E-state index contributed by atoms with van der Waals surface area (Å²) >= 11 is 0. The van der Waals surface area contributed by atoms with Gasteiger partial charge in [-0.3, -0.25) is 10.1 Å². The molecule has 2 unspecified atom stereocenters. The van der Waals surface area contributed by atoms with Crippen molar-refractivity contribution in [2.75, 3.05) is 18.5 Å². The van der Waals surface area contributed by atoms with Crippen molar-refractivity contribution in [2.24, 2.45) is 0 Å². The Balaban J connectivity index is 2.35. The van der Waals surface area contributed by atoms with Crippen LogP contribution in [0.4, 0.5) is 11.4 Å². The molecule has 2 atom stereocenters. The lowest BCUT2D eigenvalue weighted by Crippen LogP contribution is -2.32. The van der Waals surface area contributed by atoms with Crippen molar-refractivity contribution < 1.29 is 19.9 Å². The summed E-state index contributed by atoms with van der Waals surface area (Å²) in [5.74, 6) is -0.0310. The average Bonchev–Trinajstić information content (AvgIpc) is 2.70. The van der Waals surface area contributed by atoms with Crippen LogP contribution < -0.4 is 5.32 Å². The van der Waals surface area contributed by atoms with E-state index in [0.29, 0.717) is 5.56 Å². The molecule has 0 amide bonds. The smallest absolute Gasteiger partial charge is 0.292 e. The predicted molar refractivity (Wildman–Crippen MR) is 63.7 cm³/mol. The molecule has 1 aliphatic rings. The van der Waals surface area contributed by atoms with Gasteiger partial charge in [0.2, 0.25) is 0 Å². The molecule has 1 aromatic carbocycles. The average molecular weight is 254 g/mol. The Morgan fingerprint density at radius 1 is 1.50 bits per heavy atom. The summed E-state index contributed by atoms with van der Waals surface area (Å²) in [6.45, 7) is 2.05. The number of aliphatic hydroxyl groups excluding tert-OH is 1. The van der Waals surface area contributed by atoms with Gasteiger partial charge in [-0.2, -0.15) is 0 Å². The van der Waals surface area contributed by atoms with Gasteiger partial charge in [0, 0.05) is 11.6 Å². The van der Waals surface area contributed by atoms with Gasteiger partial charge in [-0.05, 0) is 13.0 Å². The van der Waals surface area contributed by atoms with E-state index >= 15 is 0 Å². The molecule has 1 saturated heterocycles. The van der Waals surface area contributed by atoms with Crippen molar-refractivity contribution in [3.8, 4) is 5.75 Å². The molecule has 7 nitrogen and oxygen atoms in total. The van der Waals surface area contributed by atoms with E-state index in [4.69, 9.17) is 4.74 Å². The largest absolute Gasteiger partial charge is 0.508 e. The van der Waals surface area contributed by atoms with Crippen LogP contribution in [0.1, 0.15) is 5.56 Å². The third kappa shape index (κ3) is 2.22. The number of phenolic OH excluding ortho intramolecular Hbond substituents is 1.